The van der Waals surface area contributed by atoms with Crippen molar-refractivity contribution in [1.29, 1.82) is 0 Å². The lowest BCUT2D eigenvalue weighted by molar-refractivity contribution is -0.123. The lowest BCUT2D eigenvalue weighted by atomic mass is 9.74. The van der Waals surface area contributed by atoms with Crippen LogP contribution in [0.1, 0.15) is 24.8 Å². The van der Waals surface area contributed by atoms with Crippen molar-refractivity contribution in [1.82, 2.24) is 10.6 Å². The number of carbonyl (C=O) groups excluding carboxylic acids is 1. The molecule has 4 nitrogen and oxygen atoms in total. The number of benzene rings is 1. The molecule has 0 aromatic heterocycles. The van der Waals surface area contributed by atoms with Gasteiger partial charge in [-0.15, -0.1) is 0 Å². The second-order valence-corrected chi connectivity index (χ2v) is 7.05. The number of rotatable bonds is 4. The molecule has 2 aliphatic rings. The third-order valence-electron chi connectivity index (χ3n) is 4.93. The van der Waals surface area contributed by atoms with E-state index in [1.54, 1.807) is 0 Å². The van der Waals surface area contributed by atoms with Gasteiger partial charge in [0.2, 0.25) is 5.91 Å². The molecule has 3 rings (SSSR count). The quantitative estimate of drug-likeness (QED) is 0.869. The molecule has 1 amide bonds. The average Bonchev–Trinajstić information content (AvgIpc) is 2.94. The van der Waals surface area contributed by atoms with Gasteiger partial charge in [-0.25, -0.2) is 8.78 Å². The molecule has 0 spiro atoms. The van der Waals surface area contributed by atoms with Gasteiger partial charge in [0.05, 0.1) is 12.6 Å². The van der Waals surface area contributed by atoms with Crippen LogP contribution < -0.4 is 10.6 Å². The number of carbonyl (C=O) groups is 1. The van der Waals surface area contributed by atoms with E-state index in [1.165, 1.54) is 0 Å². The first-order chi connectivity index (χ1) is 11.4. The minimum absolute atomic E-state index is 0.250. The number of amides is 1. The summed E-state index contributed by atoms with van der Waals surface area (Å²) in [6, 6.07) is 6.75. The van der Waals surface area contributed by atoms with E-state index < -0.39 is 24.9 Å². The van der Waals surface area contributed by atoms with Crippen LogP contribution >= 0.6 is 11.6 Å². The Hall–Kier alpha value is -1.24. The molecular formula is C17H21ClF2N2O2. The second-order valence-electron chi connectivity index (χ2n) is 6.61. The van der Waals surface area contributed by atoms with E-state index in [-0.39, 0.29) is 11.3 Å². The van der Waals surface area contributed by atoms with Crippen molar-refractivity contribution in [3.8, 4) is 0 Å². The highest BCUT2D eigenvalue weighted by Crippen LogP contribution is 2.35. The molecule has 0 radical (unpaired) electrons. The van der Waals surface area contributed by atoms with Crippen molar-refractivity contribution >= 4 is 17.5 Å². The third-order valence-corrected chi connectivity index (χ3v) is 5.19. The Labute approximate surface area is 144 Å². The van der Waals surface area contributed by atoms with Gasteiger partial charge in [-0.2, -0.15) is 0 Å². The minimum atomic E-state index is -2.81. The summed E-state index contributed by atoms with van der Waals surface area (Å²) in [5, 5.41) is 6.11. The summed E-state index contributed by atoms with van der Waals surface area (Å²) in [7, 11) is 0. The van der Waals surface area contributed by atoms with E-state index in [2.05, 4.69) is 10.6 Å². The van der Waals surface area contributed by atoms with E-state index in [4.69, 9.17) is 16.3 Å². The van der Waals surface area contributed by atoms with Gasteiger partial charge in [0.25, 0.3) is 5.92 Å². The fraction of sp³-hybridized carbons (Fsp3) is 0.588. The number of alkyl halides is 2. The van der Waals surface area contributed by atoms with E-state index in [0.29, 0.717) is 24.8 Å². The van der Waals surface area contributed by atoms with Crippen LogP contribution in [0.5, 0.6) is 0 Å². The Bertz CT molecular complexity index is 589. The largest absolute Gasteiger partial charge is 0.381 e. The summed E-state index contributed by atoms with van der Waals surface area (Å²) in [6.07, 6.45) is 1.09. The van der Waals surface area contributed by atoms with Crippen molar-refractivity contribution in [2.45, 2.75) is 36.6 Å². The van der Waals surface area contributed by atoms with E-state index >= 15 is 0 Å². The Morgan fingerprint density at radius 1 is 1.29 bits per heavy atom. The lowest BCUT2D eigenvalue weighted by Gasteiger charge is -2.38. The molecule has 2 fully saturated rings. The topological polar surface area (TPSA) is 50.4 Å². The summed E-state index contributed by atoms with van der Waals surface area (Å²) in [6.45, 7) is 1.18. The average molecular weight is 359 g/mol. The monoisotopic (exact) mass is 358 g/mol. The number of halogens is 3. The standard InChI is InChI=1S/C17H21ClF2N2O2/c18-13-3-1-12(2-4-13)16(5-7-24-8-6-16)10-22-15(23)14-9-17(19,20)11-21-14/h1-4,14,21H,5-11H2,(H,22,23). The zero-order valence-corrected chi connectivity index (χ0v) is 14.0. The number of hydrogen-bond donors (Lipinski definition) is 2. The molecule has 1 aromatic carbocycles. The van der Waals surface area contributed by atoms with Crippen LogP contribution in [0.3, 0.4) is 0 Å². The first-order valence-electron chi connectivity index (χ1n) is 8.13. The third kappa shape index (κ3) is 3.87. The summed E-state index contributed by atoms with van der Waals surface area (Å²) >= 11 is 5.96. The molecule has 0 aliphatic carbocycles. The van der Waals surface area contributed by atoms with Gasteiger partial charge in [0, 0.05) is 36.6 Å². The fourth-order valence-corrected chi connectivity index (χ4v) is 3.54. The van der Waals surface area contributed by atoms with Crippen molar-refractivity contribution in [3.05, 3.63) is 34.9 Å². The molecular weight excluding hydrogens is 338 g/mol. The van der Waals surface area contributed by atoms with E-state index in [0.717, 1.165) is 18.4 Å². The minimum Gasteiger partial charge on any atom is -0.381 e. The van der Waals surface area contributed by atoms with Gasteiger partial charge in [0.15, 0.2) is 0 Å². The van der Waals surface area contributed by atoms with Crippen LogP contribution in [0.4, 0.5) is 8.78 Å². The van der Waals surface area contributed by atoms with Crippen LogP contribution in [0.25, 0.3) is 0 Å². The summed E-state index contributed by atoms with van der Waals surface area (Å²) in [5.74, 6) is -3.18. The highest BCUT2D eigenvalue weighted by atomic mass is 35.5. The summed E-state index contributed by atoms with van der Waals surface area (Å²) in [5.41, 5.74) is 0.833. The van der Waals surface area contributed by atoms with Crippen LogP contribution in [0, 0.1) is 0 Å². The Morgan fingerprint density at radius 3 is 2.54 bits per heavy atom. The van der Waals surface area contributed by atoms with Crippen molar-refractivity contribution in [2.24, 2.45) is 0 Å². The number of hydrogen-bond acceptors (Lipinski definition) is 3. The smallest absolute Gasteiger partial charge is 0.262 e. The van der Waals surface area contributed by atoms with Crippen LogP contribution in [0.2, 0.25) is 5.02 Å². The zero-order chi connectivity index (χ0) is 17.2. The summed E-state index contributed by atoms with van der Waals surface area (Å²) < 4.78 is 32.0. The predicted octanol–water partition coefficient (Wildman–Crippen LogP) is 2.50. The molecule has 2 saturated heterocycles. The summed E-state index contributed by atoms with van der Waals surface area (Å²) in [4.78, 5) is 12.2. The number of ether oxygens (including phenoxy) is 1. The molecule has 132 valence electrons. The second kappa shape index (κ2) is 6.94. The van der Waals surface area contributed by atoms with Crippen molar-refractivity contribution < 1.29 is 18.3 Å². The molecule has 0 bridgehead atoms. The SMILES string of the molecule is O=C(NCC1(c2ccc(Cl)cc2)CCOCC1)C1CC(F)(F)CN1. The molecule has 0 saturated carbocycles. The van der Waals surface area contributed by atoms with E-state index in [1.807, 2.05) is 24.3 Å². The Balaban J connectivity index is 1.69. The maximum absolute atomic E-state index is 13.3. The molecule has 1 atom stereocenters. The zero-order valence-electron chi connectivity index (χ0n) is 13.3. The van der Waals surface area contributed by atoms with E-state index in [9.17, 15) is 13.6 Å². The normalized spacial score (nSPS) is 25.4. The van der Waals surface area contributed by atoms with Gasteiger partial charge in [-0.05, 0) is 30.5 Å². The van der Waals surface area contributed by atoms with Gasteiger partial charge in [-0.3, -0.25) is 10.1 Å². The van der Waals surface area contributed by atoms with Crippen LogP contribution in [-0.2, 0) is 14.9 Å². The fourth-order valence-electron chi connectivity index (χ4n) is 3.41. The van der Waals surface area contributed by atoms with Crippen LogP contribution in [0.15, 0.2) is 24.3 Å². The molecule has 24 heavy (non-hydrogen) atoms. The first-order valence-corrected chi connectivity index (χ1v) is 8.51. The number of nitrogens with one attached hydrogen (secondary N) is 2. The molecule has 1 unspecified atom stereocenters. The maximum Gasteiger partial charge on any atom is 0.262 e. The van der Waals surface area contributed by atoms with Gasteiger partial charge in [0.1, 0.15) is 0 Å². The van der Waals surface area contributed by atoms with Gasteiger partial charge >= 0.3 is 0 Å². The van der Waals surface area contributed by atoms with Crippen molar-refractivity contribution in [2.75, 3.05) is 26.3 Å². The molecule has 2 heterocycles. The van der Waals surface area contributed by atoms with Crippen LogP contribution in [-0.4, -0.2) is 44.2 Å². The first kappa shape index (κ1) is 17.6. The molecule has 7 heteroatoms. The highest BCUT2D eigenvalue weighted by molar-refractivity contribution is 6.30. The van der Waals surface area contributed by atoms with Gasteiger partial charge < -0.3 is 10.1 Å². The predicted molar refractivity (Wildman–Crippen MR) is 87.5 cm³/mol. The molecule has 1 aromatic rings. The maximum atomic E-state index is 13.3. The lowest BCUT2D eigenvalue weighted by Crippen LogP contribution is -2.48. The van der Waals surface area contributed by atoms with Gasteiger partial charge in [-0.1, -0.05) is 23.7 Å². The Morgan fingerprint density at radius 2 is 1.96 bits per heavy atom. The molecule has 2 aliphatic heterocycles. The highest BCUT2D eigenvalue weighted by Gasteiger charge is 2.43. The molecule has 2 N–H and O–H groups in total. The van der Waals surface area contributed by atoms with Crippen molar-refractivity contribution in [3.63, 3.8) is 0 Å². The Kier molecular flexibility index (Phi) is 5.08.